The molecule has 0 saturated heterocycles. The van der Waals surface area contributed by atoms with E-state index in [-0.39, 0.29) is 0 Å². The van der Waals surface area contributed by atoms with Gasteiger partial charge in [0.05, 0.1) is 6.26 Å². The Balaban J connectivity index is 1.77. The fourth-order valence-electron chi connectivity index (χ4n) is 3.10. The normalized spacial score (nSPS) is 15.3. The van der Waals surface area contributed by atoms with Crippen molar-refractivity contribution in [1.82, 2.24) is 24.4 Å². The summed E-state index contributed by atoms with van der Waals surface area (Å²) in [6.07, 6.45) is 5.34. The Morgan fingerprint density at radius 1 is 1.36 bits per heavy atom. The number of sulfonamides is 1. The first kappa shape index (κ1) is 16.0. The smallest absolute Gasteiger partial charge is 0.274 e. The number of hydrogen-bond acceptors (Lipinski definition) is 6. The fraction of sp³-hybridized carbons (Fsp3) is 0.312. The van der Waals surface area contributed by atoms with E-state index in [0.717, 1.165) is 28.1 Å². The molecule has 9 heteroatoms. The number of H-pyrrole nitrogens is 1. The molecule has 1 aliphatic rings. The van der Waals surface area contributed by atoms with Gasteiger partial charge in [-0.05, 0) is 36.6 Å². The third-order valence-corrected chi connectivity index (χ3v) is 5.62. The molecule has 0 bridgehead atoms. The molecular weight excluding hydrogens is 342 g/mol. The van der Waals surface area contributed by atoms with E-state index in [4.69, 9.17) is 4.52 Å². The Hall–Kier alpha value is -2.52. The van der Waals surface area contributed by atoms with Crippen molar-refractivity contribution in [2.75, 3.05) is 12.8 Å². The maximum Gasteiger partial charge on any atom is 0.274 e. The lowest BCUT2D eigenvalue weighted by Gasteiger charge is -2.27. The van der Waals surface area contributed by atoms with Gasteiger partial charge in [-0.1, -0.05) is 5.16 Å². The number of aromatic nitrogens is 4. The maximum atomic E-state index is 11.8. The minimum Gasteiger partial charge on any atom is -0.357 e. The van der Waals surface area contributed by atoms with Crippen molar-refractivity contribution in [1.29, 1.82) is 0 Å². The van der Waals surface area contributed by atoms with Gasteiger partial charge in [-0.2, -0.15) is 9.29 Å². The lowest BCUT2D eigenvalue weighted by molar-refractivity contribution is 0.394. The number of nitrogens with one attached hydrogen (secondary N) is 1. The molecule has 0 aliphatic carbocycles. The maximum absolute atomic E-state index is 11.8. The highest BCUT2D eigenvalue weighted by atomic mass is 32.2. The predicted octanol–water partition coefficient (Wildman–Crippen LogP) is 1.75. The lowest BCUT2D eigenvalue weighted by Crippen LogP contribution is -2.35. The fourth-order valence-corrected chi connectivity index (χ4v) is 3.90. The molecule has 4 rings (SSSR count). The SMILES string of the molecule is Cc1ncc2c(c1-c1noc(-c3ccc[nH]3)n1)CCN(S(C)(=O)=O)C2. The van der Waals surface area contributed by atoms with Crippen molar-refractivity contribution in [3.8, 4) is 23.0 Å². The van der Waals surface area contributed by atoms with Crippen LogP contribution in [0.3, 0.4) is 0 Å². The first-order valence-electron chi connectivity index (χ1n) is 7.84. The number of fused-ring (bicyclic) bond motifs is 1. The zero-order valence-corrected chi connectivity index (χ0v) is 14.7. The molecule has 1 N–H and O–H groups in total. The van der Waals surface area contributed by atoms with Crippen molar-refractivity contribution in [2.45, 2.75) is 19.9 Å². The summed E-state index contributed by atoms with van der Waals surface area (Å²) in [5.41, 5.74) is 4.28. The minimum atomic E-state index is -3.23. The van der Waals surface area contributed by atoms with Gasteiger partial charge in [-0.15, -0.1) is 0 Å². The minimum absolute atomic E-state index is 0.315. The Morgan fingerprint density at radius 2 is 2.20 bits per heavy atom. The van der Waals surface area contributed by atoms with Crippen molar-refractivity contribution < 1.29 is 12.9 Å². The number of hydrogen-bond donors (Lipinski definition) is 1. The van der Waals surface area contributed by atoms with Gasteiger partial charge in [-0.25, -0.2) is 8.42 Å². The average Bonchev–Trinajstić information content (AvgIpc) is 3.24. The molecule has 0 saturated carbocycles. The van der Waals surface area contributed by atoms with E-state index in [1.54, 1.807) is 12.4 Å². The van der Waals surface area contributed by atoms with Crippen LogP contribution in [0.5, 0.6) is 0 Å². The van der Waals surface area contributed by atoms with Crippen LogP contribution in [-0.4, -0.2) is 45.6 Å². The average molecular weight is 359 g/mol. The number of pyridine rings is 1. The monoisotopic (exact) mass is 359 g/mol. The second-order valence-corrected chi connectivity index (χ2v) is 8.06. The van der Waals surface area contributed by atoms with Gasteiger partial charge in [0.15, 0.2) is 0 Å². The van der Waals surface area contributed by atoms with Gasteiger partial charge in [0, 0.05) is 36.7 Å². The molecule has 25 heavy (non-hydrogen) atoms. The molecular formula is C16H17N5O3S. The molecule has 130 valence electrons. The first-order chi connectivity index (χ1) is 11.9. The van der Waals surface area contributed by atoms with Crippen LogP contribution in [0.25, 0.3) is 23.0 Å². The number of aryl methyl sites for hydroxylation is 1. The van der Waals surface area contributed by atoms with E-state index >= 15 is 0 Å². The second kappa shape index (κ2) is 5.78. The van der Waals surface area contributed by atoms with Crippen molar-refractivity contribution in [2.24, 2.45) is 0 Å². The van der Waals surface area contributed by atoms with Crippen LogP contribution in [-0.2, 0) is 23.0 Å². The van der Waals surface area contributed by atoms with E-state index in [2.05, 4.69) is 20.1 Å². The van der Waals surface area contributed by atoms with Gasteiger partial charge in [0.1, 0.15) is 5.69 Å². The Bertz CT molecular complexity index is 1020. The summed E-state index contributed by atoms with van der Waals surface area (Å²) in [5.74, 6) is 0.879. The second-order valence-electron chi connectivity index (χ2n) is 6.08. The third kappa shape index (κ3) is 2.85. The van der Waals surface area contributed by atoms with Gasteiger partial charge in [0.25, 0.3) is 5.89 Å². The summed E-state index contributed by atoms with van der Waals surface area (Å²) in [6, 6.07) is 3.71. The summed E-state index contributed by atoms with van der Waals surface area (Å²) in [6.45, 7) is 2.64. The van der Waals surface area contributed by atoms with Crippen molar-refractivity contribution in [3.63, 3.8) is 0 Å². The van der Waals surface area contributed by atoms with Gasteiger partial charge < -0.3 is 9.51 Å². The summed E-state index contributed by atoms with van der Waals surface area (Å²) in [4.78, 5) is 11.9. The van der Waals surface area contributed by atoms with Crippen LogP contribution >= 0.6 is 0 Å². The molecule has 8 nitrogen and oxygen atoms in total. The van der Waals surface area contributed by atoms with Gasteiger partial charge in [-0.3, -0.25) is 4.98 Å². The molecule has 3 aromatic rings. The highest BCUT2D eigenvalue weighted by molar-refractivity contribution is 7.88. The van der Waals surface area contributed by atoms with E-state index in [1.165, 1.54) is 10.6 Å². The topological polar surface area (TPSA) is 105 Å². The number of aromatic amines is 1. The highest BCUT2D eigenvalue weighted by Gasteiger charge is 2.27. The van der Waals surface area contributed by atoms with Crippen LogP contribution in [0.15, 0.2) is 29.0 Å². The summed E-state index contributed by atoms with van der Waals surface area (Å²) in [5, 5.41) is 4.10. The molecule has 0 amide bonds. The van der Waals surface area contributed by atoms with Crippen LogP contribution in [0, 0.1) is 6.92 Å². The van der Waals surface area contributed by atoms with Crippen molar-refractivity contribution in [3.05, 3.63) is 41.3 Å². The first-order valence-corrected chi connectivity index (χ1v) is 9.68. The molecule has 0 unspecified atom stereocenters. The summed E-state index contributed by atoms with van der Waals surface area (Å²) >= 11 is 0. The Morgan fingerprint density at radius 3 is 2.92 bits per heavy atom. The van der Waals surface area contributed by atoms with Gasteiger partial charge >= 0.3 is 0 Å². The zero-order chi connectivity index (χ0) is 17.6. The molecule has 0 spiro atoms. The van der Waals surface area contributed by atoms with Crippen LogP contribution in [0.4, 0.5) is 0 Å². The van der Waals surface area contributed by atoms with E-state index in [9.17, 15) is 8.42 Å². The van der Waals surface area contributed by atoms with Crippen LogP contribution in [0.1, 0.15) is 16.8 Å². The Kier molecular flexibility index (Phi) is 3.69. The summed E-state index contributed by atoms with van der Waals surface area (Å²) < 4.78 is 30.4. The molecule has 0 atom stereocenters. The zero-order valence-electron chi connectivity index (χ0n) is 13.9. The number of rotatable bonds is 3. The Labute approximate surface area is 144 Å². The largest absolute Gasteiger partial charge is 0.357 e. The number of nitrogens with zero attached hydrogens (tertiary/aromatic N) is 4. The quantitative estimate of drug-likeness (QED) is 0.764. The molecule has 4 heterocycles. The predicted molar refractivity (Wildman–Crippen MR) is 91.0 cm³/mol. The van der Waals surface area contributed by atoms with Crippen LogP contribution < -0.4 is 0 Å². The third-order valence-electron chi connectivity index (χ3n) is 4.37. The van der Waals surface area contributed by atoms with Crippen molar-refractivity contribution >= 4 is 10.0 Å². The standard InChI is InChI=1S/C16H17N5O3S/c1-10-14(15-19-16(24-20-15)13-4-3-6-17-13)12-5-7-21(25(2,22)23)9-11(12)8-18-10/h3-4,6,8,17H,5,7,9H2,1-2H3. The highest BCUT2D eigenvalue weighted by Crippen LogP contribution is 2.32. The molecule has 0 radical (unpaired) electrons. The molecule has 3 aromatic heterocycles. The van der Waals surface area contributed by atoms with E-state index in [0.29, 0.717) is 31.2 Å². The van der Waals surface area contributed by atoms with Crippen LogP contribution in [0.2, 0.25) is 0 Å². The lowest BCUT2D eigenvalue weighted by atomic mass is 9.95. The van der Waals surface area contributed by atoms with E-state index < -0.39 is 10.0 Å². The molecule has 0 fully saturated rings. The van der Waals surface area contributed by atoms with Gasteiger partial charge in [0.2, 0.25) is 15.8 Å². The van der Waals surface area contributed by atoms with E-state index in [1.807, 2.05) is 19.1 Å². The molecule has 1 aliphatic heterocycles. The molecule has 0 aromatic carbocycles. The summed E-state index contributed by atoms with van der Waals surface area (Å²) in [7, 11) is -3.23.